The van der Waals surface area contributed by atoms with Gasteiger partial charge in [0.1, 0.15) is 0 Å². The predicted octanol–water partition coefficient (Wildman–Crippen LogP) is 1.74. The van der Waals surface area contributed by atoms with Crippen molar-refractivity contribution < 1.29 is 15.0 Å². The third-order valence-corrected chi connectivity index (χ3v) is 0.236. The zero-order chi connectivity index (χ0) is 7.70. The molecule has 0 bridgehead atoms. The molecule has 0 heterocycles. The van der Waals surface area contributed by atoms with E-state index in [-0.39, 0.29) is 0 Å². The van der Waals surface area contributed by atoms with Crippen molar-refractivity contribution in [3.8, 4) is 0 Å². The highest BCUT2D eigenvalue weighted by molar-refractivity contribution is 5.53. The van der Waals surface area contributed by atoms with E-state index in [1.165, 1.54) is 0 Å². The monoisotopic (exact) mass is 128 g/mol. The molecular formula is C6H8O3. The Kier molecular flexibility index (Phi) is 11.4. The van der Waals surface area contributed by atoms with Crippen molar-refractivity contribution in [2.24, 2.45) is 0 Å². The van der Waals surface area contributed by atoms with Gasteiger partial charge in [-0.3, -0.25) is 0 Å². The summed E-state index contributed by atoms with van der Waals surface area (Å²) in [6.07, 6.45) is 1.45. The van der Waals surface area contributed by atoms with Gasteiger partial charge in [-0.25, -0.2) is 4.79 Å². The van der Waals surface area contributed by atoms with Crippen LogP contribution in [0.15, 0.2) is 31.0 Å². The fourth-order valence-electron chi connectivity index (χ4n) is 0.0833. The first kappa shape index (κ1) is 10.5. The molecule has 0 radical (unpaired) electrons. The van der Waals surface area contributed by atoms with Gasteiger partial charge in [0.05, 0.1) is 0 Å². The topological polar surface area (TPSA) is 57.5 Å². The molecule has 0 unspecified atom stereocenters. The van der Waals surface area contributed by atoms with E-state index in [2.05, 4.69) is 18.9 Å². The van der Waals surface area contributed by atoms with Gasteiger partial charge in [-0.1, -0.05) is 19.2 Å². The Hall–Kier alpha value is -1.47. The van der Waals surface area contributed by atoms with Gasteiger partial charge in [-0.2, -0.15) is 0 Å². The molecule has 0 saturated carbocycles. The number of hydrogen-bond donors (Lipinski definition) is 2. The summed E-state index contributed by atoms with van der Waals surface area (Å²) in [5.74, 6) is 0. The van der Waals surface area contributed by atoms with E-state index in [1.54, 1.807) is 12.2 Å². The van der Waals surface area contributed by atoms with E-state index in [0.29, 0.717) is 0 Å². The maximum absolute atomic E-state index is 8.56. The van der Waals surface area contributed by atoms with Crippen LogP contribution in [-0.4, -0.2) is 16.4 Å². The van der Waals surface area contributed by atoms with Crippen LogP contribution >= 0.6 is 0 Å². The summed E-state index contributed by atoms with van der Waals surface area (Å²) in [6, 6.07) is 0. The third kappa shape index (κ3) is 477. The fraction of sp³-hybridized carbons (Fsp3) is 0. The van der Waals surface area contributed by atoms with Gasteiger partial charge in [-0.05, 0) is 6.08 Å². The van der Waals surface area contributed by atoms with Crippen molar-refractivity contribution in [1.82, 2.24) is 0 Å². The van der Waals surface area contributed by atoms with Gasteiger partial charge in [0.2, 0.25) is 0 Å². The first-order chi connectivity index (χ1) is 4.15. The Morgan fingerprint density at radius 1 is 1.56 bits per heavy atom. The Morgan fingerprint density at radius 3 is 1.89 bits per heavy atom. The van der Waals surface area contributed by atoms with Crippen molar-refractivity contribution in [3.05, 3.63) is 31.0 Å². The molecule has 2 N–H and O–H groups in total. The minimum absolute atomic E-state index is 1.63. The van der Waals surface area contributed by atoms with Crippen LogP contribution in [0.25, 0.3) is 0 Å². The van der Waals surface area contributed by atoms with Gasteiger partial charge in [0, 0.05) is 0 Å². The predicted molar refractivity (Wildman–Crippen MR) is 34.6 cm³/mol. The molecular weight excluding hydrogens is 120 g/mol. The molecule has 3 heteroatoms. The highest BCUT2D eigenvalue weighted by Crippen LogP contribution is 1.57. The van der Waals surface area contributed by atoms with Gasteiger partial charge in [0.25, 0.3) is 0 Å². The average Bonchev–Trinajstić information content (AvgIpc) is 1.66. The molecule has 0 aromatic heterocycles. The summed E-state index contributed by atoms with van der Waals surface area (Å²) in [7, 11) is 0. The second-order valence-corrected chi connectivity index (χ2v) is 0.889. The van der Waals surface area contributed by atoms with Gasteiger partial charge in [-0.15, -0.1) is 5.73 Å². The highest BCUT2D eigenvalue weighted by Gasteiger charge is 1.70. The molecule has 0 aromatic rings. The van der Waals surface area contributed by atoms with Crippen molar-refractivity contribution >= 4 is 6.16 Å². The lowest BCUT2D eigenvalue weighted by atomic mass is 10.6. The molecule has 0 aliphatic rings. The zero-order valence-corrected chi connectivity index (χ0v) is 4.87. The second kappa shape index (κ2) is 9.73. The first-order valence-electron chi connectivity index (χ1n) is 2.04. The zero-order valence-electron chi connectivity index (χ0n) is 4.87. The molecule has 9 heavy (non-hydrogen) atoms. The van der Waals surface area contributed by atoms with E-state index in [9.17, 15) is 0 Å². The third-order valence-electron chi connectivity index (χ3n) is 0.236. The quantitative estimate of drug-likeness (QED) is 0.417. The van der Waals surface area contributed by atoms with E-state index in [0.717, 1.165) is 0 Å². The van der Waals surface area contributed by atoms with Crippen molar-refractivity contribution in [2.75, 3.05) is 0 Å². The van der Waals surface area contributed by atoms with Crippen LogP contribution in [0.4, 0.5) is 4.79 Å². The summed E-state index contributed by atoms with van der Waals surface area (Å²) >= 11 is 0. The Balaban J connectivity index is 0. The van der Waals surface area contributed by atoms with Crippen LogP contribution in [0.2, 0.25) is 0 Å². The summed E-state index contributed by atoms with van der Waals surface area (Å²) in [5.41, 5.74) is 2.52. The van der Waals surface area contributed by atoms with E-state index >= 15 is 0 Å². The van der Waals surface area contributed by atoms with Crippen LogP contribution in [-0.2, 0) is 0 Å². The molecule has 0 atom stereocenters. The lowest BCUT2D eigenvalue weighted by Gasteiger charge is -1.60. The van der Waals surface area contributed by atoms with E-state index < -0.39 is 6.16 Å². The number of carboxylic acid groups (broad SMARTS) is 2. The lowest BCUT2D eigenvalue weighted by molar-refractivity contribution is 0.137. The number of hydrogen-bond acceptors (Lipinski definition) is 1. The van der Waals surface area contributed by atoms with Gasteiger partial charge >= 0.3 is 6.16 Å². The molecule has 0 rings (SSSR count). The van der Waals surface area contributed by atoms with E-state index in [1.807, 2.05) is 0 Å². The molecule has 0 aliphatic heterocycles. The van der Waals surface area contributed by atoms with Crippen LogP contribution in [0.3, 0.4) is 0 Å². The number of allylic oxidation sites excluding steroid dienone is 2. The standard InChI is InChI=1S/C5H6.CH2O3/c1-3-5-4-2;2-1(3)4/h3,5H,1-2H2;(H2,2,3,4). The van der Waals surface area contributed by atoms with Gasteiger partial charge < -0.3 is 10.2 Å². The Bertz CT molecular complexity index is 127. The smallest absolute Gasteiger partial charge is 0.450 e. The van der Waals surface area contributed by atoms with Gasteiger partial charge in [0.15, 0.2) is 0 Å². The second-order valence-electron chi connectivity index (χ2n) is 0.889. The number of rotatable bonds is 1. The normalized spacial score (nSPS) is 5.33. The average molecular weight is 128 g/mol. The van der Waals surface area contributed by atoms with Crippen LogP contribution in [0, 0.1) is 0 Å². The molecule has 0 amide bonds. The molecule has 3 nitrogen and oxygen atoms in total. The molecule has 0 aliphatic carbocycles. The largest absolute Gasteiger partial charge is 0.503 e. The summed E-state index contributed by atoms with van der Waals surface area (Å²) < 4.78 is 0. The lowest BCUT2D eigenvalue weighted by Crippen LogP contribution is -1.81. The fourth-order valence-corrected chi connectivity index (χ4v) is 0.0833. The van der Waals surface area contributed by atoms with Crippen LogP contribution < -0.4 is 0 Å². The minimum atomic E-state index is -1.83. The minimum Gasteiger partial charge on any atom is -0.450 e. The highest BCUT2D eigenvalue weighted by atomic mass is 16.6. The molecule has 0 aromatic carbocycles. The maximum Gasteiger partial charge on any atom is 0.503 e. The van der Waals surface area contributed by atoms with Crippen molar-refractivity contribution in [3.63, 3.8) is 0 Å². The van der Waals surface area contributed by atoms with Crippen LogP contribution in [0.1, 0.15) is 0 Å². The van der Waals surface area contributed by atoms with E-state index in [4.69, 9.17) is 15.0 Å². The molecule has 0 spiro atoms. The first-order valence-corrected chi connectivity index (χ1v) is 2.04. The Labute approximate surface area is 53.3 Å². The SMILES string of the molecule is C=C=CC=C.O=C(O)O. The summed E-state index contributed by atoms with van der Waals surface area (Å²) in [4.78, 5) is 8.56. The molecule has 50 valence electrons. The Morgan fingerprint density at radius 2 is 1.89 bits per heavy atom. The molecule has 0 saturated heterocycles. The maximum atomic E-state index is 8.56. The number of carbonyl (C=O) groups is 1. The summed E-state index contributed by atoms with van der Waals surface area (Å²) in [5, 5.41) is 13.9. The molecule has 0 fully saturated rings. The summed E-state index contributed by atoms with van der Waals surface area (Å²) in [6.45, 7) is 6.69. The van der Waals surface area contributed by atoms with Crippen molar-refractivity contribution in [2.45, 2.75) is 0 Å². The van der Waals surface area contributed by atoms with Crippen LogP contribution in [0.5, 0.6) is 0 Å². The van der Waals surface area contributed by atoms with Crippen molar-refractivity contribution in [1.29, 1.82) is 0 Å².